The van der Waals surface area contributed by atoms with E-state index in [1.807, 2.05) is 47.0 Å². The molecule has 2 aromatic carbocycles. The van der Waals surface area contributed by atoms with Gasteiger partial charge in [0.15, 0.2) is 6.10 Å². The fourth-order valence-corrected chi connectivity index (χ4v) is 4.77. The fraction of sp³-hybridized carbons (Fsp3) is 0.433. The van der Waals surface area contributed by atoms with Crippen molar-refractivity contribution in [2.24, 2.45) is 7.05 Å². The van der Waals surface area contributed by atoms with Crippen molar-refractivity contribution in [2.45, 2.75) is 44.5 Å². The van der Waals surface area contributed by atoms with Gasteiger partial charge in [0.1, 0.15) is 11.6 Å². The van der Waals surface area contributed by atoms with Crippen LogP contribution in [0.3, 0.4) is 0 Å². The minimum atomic E-state index is -4.56. The van der Waals surface area contributed by atoms with Crippen LogP contribution in [-0.2, 0) is 24.7 Å². The zero-order valence-corrected chi connectivity index (χ0v) is 24.7. The Kier molecular flexibility index (Phi) is 10.7. The highest BCUT2D eigenvalue weighted by molar-refractivity contribution is 6.32. The topological polar surface area (TPSA) is 109 Å². The molecule has 1 fully saturated rings. The lowest BCUT2D eigenvalue weighted by atomic mass is 10.0. The fourth-order valence-electron chi connectivity index (χ4n) is 4.55. The van der Waals surface area contributed by atoms with E-state index in [0.717, 1.165) is 49.1 Å². The molecule has 0 saturated carbocycles. The standard InChI is InChI=1S/C30H35ClF3N5O4/c1-19(30(32,33)34)43-26-9-8-22(15-24(26)31)29(42)36-23(16-35-28(41)18-39-11-3-12-39)14-20-4-6-21(7-5-20)25-17-38(2)27(37-25)10-13-40/h4-9,15,17,19,23,40H,3,10-14,16,18H2,1-2H3,(H,35,41)(H,36,42)/t19-,23-/m1/s1. The monoisotopic (exact) mass is 621 g/mol. The molecule has 1 aromatic heterocycles. The Bertz CT molecular complexity index is 1410. The Morgan fingerprint density at radius 3 is 2.49 bits per heavy atom. The average molecular weight is 622 g/mol. The predicted octanol–water partition coefficient (Wildman–Crippen LogP) is 3.77. The normalized spacial score (nSPS) is 15.0. The maximum Gasteiger partial charge on any atom is 0.425 e. The number of benzene rings is 2. The molecule has 3 aromatic rings. The van der Waals surface area contributed by atoms with E-state index in [2.05, 4.69) is 15.6 Å². The number of carbonyl (C=O) groups is 2. The number of rotatable bonds is 13. The van der Waals surface area contributed by atoms with E-state index in [0.29, 0.717) is 12.8 Å². The van der Waals surface area contributed by atoms with Crippen LogP contribution in [0.25, 0.3) is 11.3 Å². The van der Waals surface area contributed by atoms with Crippen molar-refractivity contribution < 1.29 is 32.6 Å². The van der Waals surface area contributed by atoms with Crippen molar-refractivity contribution in [1.82, 2.24) is 25.1 Å². The molecule has 13 heteroatoms. The van der Waals surface area contributed by atoms with Gasteiger partial charge in [-0.25, -0.2) is 4.98 Å². The summed E-state index contributed by atoms with van der Waals surface area (Å²) in [7, 11) is 1.87. The van der Waals surface area contributed by atoms with Crippen LogP contribution in [0.4, 0.5) is 13.2 Å². The number of imidazole rings is 1. The lowest BCUT2D eigenvalue weighted by Crippen LogP contribution is -2.49. The maximum atomic E-state index is 13.2. The zero-order chi connectivity index (χ0) is 31.1. The molecule has 0 aliphatic carbocycles. The van der Waals surface area contributed by atoms with Crippen molar-refractivity contribution in [3.8, 4) is 17.0 Å². The molecular formula is C30H35ClF3N5O4. The van der Waals surface area contributed by atoms with Crippen LogP contribution in [0.1, 0.15) is 35.1 Å². The van der Waals surface area contributed by atoms with Gasteiger partial charge in [0.2, 0.25) is 5.91 Å². The molecule has 1 aliphatic heterocycles. The van der Waals surface area contributed by atoms with Gasteiger partial charge in [0.25, 0.3) is 5.91 Å². The molecule has 0 bridgehead atoms. The van der Waals surface area contributed by atoms with Gasteiger partial charge in [0, 0.05) is 37.3 Å². The first kappa shape index (κ1) is 32.3. The number of hydrogen-bond acceptors (Lipinski definition) is 6. The zero-order valence-electron chi connectivity index (χ0n) is 24.0. The molecule has 2 atom stereocenters. The van der Waals surface area contributed by atoms with E-state index >= 15 is 0 Å². The van der Waals surface area contributed by atoms with E-state index in [1.165, 1.54) is 18.2 Å². The second-order valence-electron chi connectivity index (χ2n) is 10.6. The summed E-state index contributed by atoms with van der Waals surface area (Å²) in [5.74, 6) is -0.0606. The summed E-state index contributed by atoms with van der Waals surface area (Å²) in [4.78, 5) is 32.2. The van der Waals surface area contributed by atoms with Crippen LogP contribution in [0.5, 0.6) is 5.75 Å². The first-order valence-corrected chi connectivity index (χ1v) is 14.4. The van der Waals surface area contributed by atoms with Gasteiger partial charge < -0.3 is 25.0 Å². The molecule has 4 rings (SSSR count). The third-order valence-corrected chi connectivity index (χ3v) is 7.49. The number of nitrogens with zero attached hydrogens (tertiary/aromatic N) is 3. The van der Waals surface area contributed by atoms with Crippen LogP contribution in [0, 0.1) is 0 Å². The van der Waals surface area contributed by atoms with Crippen molar-refractivity contribution in [3.63, 3.8) is 0 Å². The van der Waals surface area contributed by atoms with Gasteiger partial charge in [-0.2, -0.15) is 13.2 Å². The van der Waals surface area contributed by atoms with Crippen LogP contribution in [0.2, 0.25) is 5.02 Å². The maximum absolute atomic E-state index is 13.2. The Labute approximate surface area is 253 Å². The molecule has 2 amide bonds. The summed E-state index contributed by atoms with van der Waals surface area (Å²) in [5.41, 5.74) is 2.71. The third kappa shape index (κ3) is 8.94. The first-order valence-electron chi connectivity index (χ1n) is 14.0. The Hall–Kier alpha value is -3.61. The number of likely N-dealkylation sites (tertiary alicyclic amines) is 1. The number of amides is 2. The van der Waals surface area contributed by atoms with E-state index in [9.17, 15) is 27.9 Å². The molecule has 2 heterocycles. The minimum absolute atomic E-state index is 0.00625. The lowest BCUT2D eigenvalue weighted by molar-refractivity contribution is -0.189. The van der Waals surface area contributed by atoms with Crippen molar-refractivity contribution in [1.29, 1.82) is 0 Å². The lowest BCUT2D eigenvalue weighted by Gasteiger charge is -2.30. The van der Waals surface area contributed by atoms with Crippen molar-refractivity contribution >= 4 is 23.4 Å². The van der Waals surface area contributed by atoms with Crippen LogP contribution < -0.4 is 15.4 Å². The number of aliphatic hydroxyl groups excluding tert-OH is 1. The number of aryl methyl sites for hydroxylation is 1. The molecule has 0 unspecified atom stereocenters. The van der Waals surface area contributed by atoms with Gasteiger partial charge in [-0.15, -0.1) is 0 Å². The Morgan fingerprint density at radius 1 is 1.16 bits per heavy atom. The van der Waals surface area contributed by atoms with Gasteiger partial charge in [-0.05, 0) is 56.6 Å². The molecule has 43 heavy (non-hydrogen) atoms. The quantitative estimate of drug-likeness (QED) is 0.268. The number of aliphatic hydroxyl groups is 1. The van der Waals surface area contributed by atoms with Gasteiger partial charge in [-0.1, -0.05) is 35.9 Å². The van der Waals surface area contributed by atoms with Gasteiger partial charge in [-0.3, -0.25) is 14.5 Å². The van der Waals surface area contributed by atoms with E-state index in [-0.39, 0.29) is 41.9 Å². The van der Waals surface area contributed by atoms with E-state index in [1.54, 1.807) is 0 Å². The molecule has 3 N–H and O–H groups in total. The summed E-state index contributed by atoms with van der Waals surface area (Å²) >= 11 is 6.15. The summed E-state index contributed by atoms with van der Waals surface area (Å²) in [6.07, 6.45) is -2.84. The van der Waals surface area contributed by atoms with Gasteiger partial charge in [0.05, 0.1) is 29.9 Å². The van der Waals surface area contributed by atoms with Gasteiger partial charge >= 0.3 is 6.18 Å². The van der Waals surface area contributed by atoms with E-state index in [4.69, 9.17) is 16.3 Å². The predicted molar refractivity (Wildman–Crippen MR) is 156 cm³/mol. The number of ether oxygens (including phenoxy) is 1. The number of halogens is 4. The van der Waals surface area contributed by atoms with Crippen molar-refractivity contribution in [2.75, 3.05) is 32.8 Å². The smallest absolute Gasteiger partial charge is 0.425 e. The summed E-state index contributed by atoms with van der Waals surface area (Å²) in [5, 5.41) is 14.9. The van der Waals surface area contributed by atoms with Crippen LogP contribution in [0.15, 0.2) is 48.7 Å². The molecular weight excluding hydrogens is 587 g/mol. The number of alkyl halides is 3. The number of nitrogens with one attached hydrogen (secondary N) is 2. The highest BCUT2D eigenvalue weighted by atomic mass is 35.5. The molecule has 1 saturated heterocycles. The molecule has 1 aliphatic rings. The highest BCUT2D eigenvalue weighted by Gasteiger charge is 2.38. The second-order valence-corrected chi connectivity index (χ2v) is 11.0. The molecule has 0 radical (unpaired) electrons. The summed E-state index contributed by atoms with van der Waals surface area (Å²) in [6, 6.07) is 11.0. The molecule has 9 nitrogen and oxygen atoms in total. The number of aromatic nitrogens is 2. The largest absolute Gasteiger partial charge is 0.480 e. The number of carbonyl (C=O) groups excluding carboxylic acids is 2. The SMILES string of the molecule is C[C@@H](Oc1ccc(C(=O)N[C@@H](CNC(=O)CN2CCC2)Cc2ccc(-c3cn(C)c(CCO)n3)cc2)cc1Cl)C(F)(F)F. The first-order chi connectivity index (χ1) is 20.4. The van der Waals surface area contributed by atoms with Crippen LogP contribution in [-0.4, -0.2) is 82.5 Å². The highest BCUT2D eigenvalue weighted by Crippen LogP contribution is 2.30. The second kappa shape index (κ2) is 14.2. The van der Waals surface area contributed by atoms with Crippen LogP contribution >= 0.6 is 11.6 Å². The van der Waals surface area contributed by atoms with Crippen molar-refractivity contribution in [3.05, 3.63) is 70.6 Å². The molecule has 0 spiro atoms. The Balaban J connectivity index is 1.45. The van der Waals surface area contributed by atoms with E-state index < -0.39 is 24.2 Å². The summed E-state index contributed by atoms with van der Waals surface area (Å²) in [6.45, 7) is 3.08. The average Bonchev–Trinajstić information content (AvgIpc) is 3.30. The minimum Gasteiger partial charge on any atom is -0.480 e. The molecule has 232 valence electrons. The Morgan fingerprint density at radius 2 is 1.88 bits per heavy atom. The third-order valence-electron chi connectivity index (χ3n) is 7.20. The number of hydrogen-bond donors (Lipinski definition) is 3. The summed E-state index contributed by atoms with van der Waals surface area (Å²) < 4.78 is 45.5.